The summed E-state index contributed by atoms with van der Waals surface area (Å²) >= 11 is 0. The quantitative estimate of drug-likeness (QED) is 0.818. The molecule has 2 fully saturated rings. The number of rotatable bonds is 3. The Balaban J connectivity index is 2.04. The molecule has 0 spiro atoms. The van der Waals surface area contributed by atoms with E-state index >= 15 is 0 Å². The molecule has 0 radical (unpaired) electrons. The maximum absolute atomic E-state index is 6.34. The Morgan fingerprint density at radius 1 is 1.12 bits per heavy atom. The molecule has 2 heteroatoms. The lowest BCUT2D eigenvalue weighted by molar-refractivity contribution is -0.0509. The van der Waals surface area contributed by atoms with Crippen LogP contribution < -0.4 is 5.73 Å². The Bertz CT molecular complexity index is 260. The molecule has 3 unspecified atom stereocenters. The molecule has 3 atom stereocenters. The lowest BCUT2D eigenvalue weighted by atomic mass is 9.57. The molecule has 2 rings (SSSR count). The van der Waals surface area contributed by atoms with Gasteiger partial charge in [0, 0.05) is 12.6 Å². The van der Waals surface area contributed by atoms with Crippen molar-refractivity contribution in [1.29, 1.82) is 0 Å². The van der Waals surface area contributed by atoms with Crippen LogP contribution in [0.15, 0.2) is 0 Å². The van der Waals surface area contributed by atoms with Gasteiger partial charge in [0.2, 0.25) is 0 Å². The smallest absolute Gasteiger partial charge is 0.0726 e. The molecular formula is C15H29NO. The Morgan fingerprint density at radius 3 is 2.29 bits per heavy atom. The monoisotopic (exact) mass is 239 g/mol. The summed E-state index contributed by atoms with van der Waals surface area (Å²) in [6.45, 7) is 7.83. The number of hydrogen-bond acceptors (Lipinski definition) is 2. The molecule has 2 saturated carbocycles. The standard InChI is InChI=1S/C15H29NO/c1-4-17-13-7-10-15(3,11-12(13)16)14(2)8-5-6-9-14/h12-13H,4-11,16H2,1-3H3. The first-order chi connectivity index (χ1) is 8.01. The van der Waals surface area contributed by atoms with Crippen molar-refractivity contribution < 1.29 is 4.74 Å². The van der Waals surface area contributed by atoms with Gasteiger partial charge in [-0.2, -0.15) is 0 Å². The Labute approximate surface area is 106 Å². The minimum Gasteiger partial charge on any atom is -0.377 e. The van der Waals surface area contributed by atoms with E-state index in [4.69, 9.17) is 10.5 Å². The van der Waals surface area contributed by atoms with Gasteiger partial charge < -0.3 is 10.5 Å². The average Bonchev–Trinajstić information content (AvgIpc) is 2.72. The summed E-state index contributed by atoms with van der Waals surface area (Å²) in [4.78, 5) is 0. The molecule has 0 aromatic rings. The Kier molecular flexibility index (Phi) is 3.84. The van der Waals surface area contributed by atoms with Gasteiger partial charge in [-0.1, -0.05) is 26.7 Å². The largest absolute Gasteiger partial charge is 0.377 e. The van der Waals surface area contributed by atoms with Gasteiger partial charge in [-0.05, 0) is 49.9 Å². The molecule has 0 amide bonds. The van der Waals surface area contributed by atoms with E-state index in [2.05, 4.69) is 20.8 Å². The fourth-order valence-electron chi connectivity index (χ4n) is 4.16. The van der Waals surface area contributed by atoms with Gasteiger partial charge in [-0.25, -0.2) is 0 Å². The van der Waals surface area contributed by atoms with Gasteiger partial charge in [0.05, 0.1) is 6.10 Å². The molecule has 100 valence electrons. The summed E-state index contributed by atoms with van der Waals surface area (Å²) in [5.41, 5.74) is 7.31. The number of nitrogens with two attached hydrogens (primary N) is 1. The van der Waals surface area contributed by atoms with Crippen LogP contribution in [0.25, 0.3) is 0 Å². The molecule has 0 bridgehead atoms. The summed E-state index contributed by atoms with van der Waals surface area (Å²) in [7, 11) is 0. The van der Waals surface area contributed by atoms with Crippen molar-refractivity contribution in [2.24, 2.45) is 16.6 Å². The van der Waals surface area contributed by atoms with Gasteiger partial charge in [0.15, 0.2) is 0 Å². The third kappa shape index (κ3) is 2.39. The molecule has 0 aromatic heterocycles. The predicted octanol–water partition coefficient (Wildman–Crippen LogP) is 3.49. The number of ether oxygens (including phenoxy) is 1. The zero-order chi connectivity index (χ0) is 12.5. The van der Waals surface area contributed by atoms with E-state index in [0.717, 1.165) is 19.4 Å². The van der Waals surface area contributed by atoms with Crippen LogP contribution in [0.5, 0.6) is 0 Å². The molecule has 0 aromatic carbocycles. The topological polar surface area (TPSA) is 35.2 Å². The second kappa shape index (κ2) is 4.89. The van der Waals surface area contributed by atoms with Crippen LogP contribution in [-0.2, 0) is 4.74 Å². The van der Waals surface area contributed by atoms with Crippen LogP contribution in [0.3, 0.4) is 0 Å². The lowest BCUT2D eigenvalue weighted by Crippen LogP contribution is -2.50. The fourth-order valence-corrected chi connectivity index (χ4v) is 4.16. The summed E-state index contributed by atoms with van der Waals surface area (Å²) in [5.74, 6) is 0. The first-order valence-corrected chi connectivity index (χ1v) is 7.38. The molecule has 2 nitrogen and oxygen atoms in total. The molecule has 0 aliphatic heterocycles. The summed E-state index contributed by atoms with van der Waals surface area (Å²) in [5, 5.41) is 0. The summed E-state index contributed by atoms with van der Waals surface area (Å²) in [6.07, 6.45) is 9.52. The zero-order valence-corrected chi connectivity index (χ0v) is 11.8. The molecule has 2 N–H and O–H groups in total. The average molecular weight is 239 g/mol. The lowest BCUT2D eigenvalue weighted by Gasteiger charge is -2.50. The normalized spacial score (nSPS) is 41.6. The third-order valence-corrected chi connectivity index (χ3v) is 5.69. The van der Waals surface area contributed by atoms with E-state index in [-0.39, 0.29) is 6.04 Å². The predicted molar refractivity (Wildman–Crippen MR) is 71.9 cm³/mol. The van der Waals surface area contributed by atoms with E-state index in [1.165, 1.54) is 32.1 Å². The first kappa shape index (κ1) is 13.4. The highest BCUT2D eigenvalue weighted by Gasteiger charge is 2.49. The van der Waals surface area contributed by atoms with Gasteiger partial charge in [-0.15, -0.1) is 0 Å². The highest BCUT2D eigenvalue weighted by atomic mass is 16.5. The Hall–Kier alpha value is -0.0800. The van der Waals surface area contributed by atoms with Crippen molar-refractivity contribution in [1.82, 2.24) is 0 Å². The van der Waals surface area contributed by atoms with E-state index in [9.17, 15) is 0 Å². The molecule has 2 aliphatic carbocycles. The van der Waals surface area contributed by atoms with Crippen molar-refractivity contribution in [3.63, 3.8) is 0 Å². The van der Waals surface area contributed by atoms with Crippen LogP contribution in [0.2, 0.25) is 0 Å². The summed E-state index contributed by atoms with van der Waals surface area (Å²) < 4.78 is 5.76. The molecule has 2 aliphatic rings. The highest BCUT2D eigenvalue weighted by molar-refractivity contribution is 5.01. The van der Waals surface area contributed by atoms with Crippen molar-refractivity contribution >= 4 is 0 Å². The second-order valence-corrected chi connectivity index (χ2v) is 6.73. The van der Waals surface area contributed by atoms with Gasteiger partial charge in [0.25, 0.3) is 0 Å². The van der Waals surface area contributed by atoms with Gasteiger partial charge in [-0.3, -0.25) is 0 Å². The van der Waals surface area contributed by atoms with E-state index in [0.29, 0.717) is 16.9 Å². The van der Waals surface area contributed by atoms with Crippen molar-refractivity contribution in [2.45, 2.75) is 77.9 Å². The van der Waals surface area contributed by atoms with Crippen LogP contribution in [0.4, 0.5) is 0 Å². The van der Waals surface area contributed by atoms with E-state index in [1.807, 2.05) is 0 Å². The van der Waals surface area contributed by atoms with Crippen LogP contribution in [0.1, 0.15) is 65.7 Å². The molecular weight excluding hydrogens is 210 g/mol. The zero-order valence-electron chi connectivity index (χ0n) is 11.8. The summed E-state index contributed by atoms with van der Waals surface area (Å²) in [6, 6.07) is 0.242. The minimum atomic E-state index is 0.242. The third-order valence-electron chi connectivity index (χ3n) is 5.69. The van der Waals surface area contributed by atoms with Crippen LogP contribution in [0, 0.1) is 10.8 Å². The van der Waals surface area contributed by atoms with Crippen molar-refractivity contribution in [3.05, 3.63) is 0 Å². The van der Waals surface area contributed by atoms with Crippen molar-refractivity contribution in [2.75, 3.05) is 6.61 Å². The number of hydrogen-bond donors (Lipinski definition) is 1. The van der Waals surface area contributed by atoms with Gasteiger partial charge >= 0.3 is 0 Å². The fraction of sp³-hybridized carbons (Fsp3) is 1.00. The molecule has 17 heavy (non-hydrogen) atoms. The first-order valence-electron chi connectivity index (χ1n) is 7.38. The van der Waals surface area contributed by atoms with Crippen LogP contribution in [-0.4, -0.2) is 18.8 Å². The van der Waals surface area contributed by atoms with E-state index < -0.39 is 0 Å². The minimum absolute atomic E-state index is 0.242. The van der Waals surface area contributed by atoms with Crippen LogP contribution >= 0.6 is 0 Å². The second-order valence-electron chi connectivity index (χ2n) is 6.73. The van der Waals surface area contributed by atoms with Crippen molar-refractivity contribution in [3.8, 4) is 0 Å². The highest BCUT2D eigenvalue weighted by Crippen LogP contribution is 2.57. The Morgan fingerprint density at radius 2 is 1.76 bits per heavy atom. The van der Waals surface area contributed by atoms with Gasteiger partial charge in [0.1, 0.15) is 0 Å². The SMILES string of the molecule is CCOC1CCC(C)(C2(C)CCCC2)CC1N. The van der Waals surface area contributed by atoms with E-state index in [1.54, 1.807) is 0 Å². The molecule has 0 saturated heterocycles. The maximum atomic E-state index is 6.34. The molecule has 0 heterocycles. The maximum Gasteiger partial charge on any atom is 0.0726 e.